The molecular weight excluding hydrogens is 408 g/mol. The lowest BCUT2D eigenvalue weighted by atomic mass is 10.1. The largest absolute Gasteiger partial charge is 0.431 e. The molecule has 0 radical (unpaired) electrons. The lowest BCUT2D eigenvalue weighted by Crippen LogP contribution is -2.16. The second kappa shape index (κ2) is 6.13. The van der Waals surface area contributed by atoms with Gasteiger partial charge in [-0.15, -0.1) is 0 Å². The monoisotopic (exact) mass is 409 g/mol. The van der Waals surface area contributed by atoms with Crippen LogP contribution in [-0.2, 0) is 6.18 Å². The zero-order chi connectivity index (χ0) is 16.8. The molecule has 10 heteroatoms. The normalized spacial score (nSPS) is 11.8. The molecule has 0 amide bonds. The Hall–Kier alpha value is -0.590. The van der Waals surface area contributed by atoms with Gasteiger partial charge in [0.25, 0.3) is 0 Å². The maximum absolute atomic E-state index is 12.8. The van der Waals surface area contributed by atoms with E-state index in [0.717, 1.165) is 6.07 Å². The summed E-state index contributed by atoms with van der Waals surface area (Å²) in [4.78, 5) is 13.1. The van der Waals surface area contributed by atoms with Gasteiger partial charge in [0, 0.05) is 11.6 Å². The van der Waals surface area contributed by atoms with Gasteiger partial charge in [-0.3, -0.25) is 4.79 Å². The first-order valence-electron chi connectivity index (χ1n) is 5.37. The van der Waals surface area contributed by atoms with Gasteiger partial charge in [-0.1, -0.05) is 58.0 Å². The quantitative estimate of drug-likeness (QED) is 0.432. The Balaban J connectivity index is 2.84. The maximum atomic E-state index is 12.8. The number of H-pyrrole nitrogens is 1. The molecule has 0 atom stereocenters. The van der Waals surface area contributed by atoms with Crippen LogP contribution in [0.4, 0.5) is 13.2 Å². The van der Waals surface area contributed by atoms with Crippen LogP contribution in [0.1, 0.15) is 5.69 Å². The first kappa shape index (κ1) is 17.8. The minimum atomic E-state index is -4.76. The van der Waals surface area contributed by atoms with Crippen LogP contribution in [0, 0.1) is 0 Å². The molecule has 0 saturated carbocycles. The molecule has 22 heavy (non-hydrogen) atoms. The summed E-state index contributed by atoms with van der Waals surface area (Å²) in [5.41, 5.74) is -2.55. The summed E-state index contributed by atoms with van der Waals surface area (Å²) >= 11 is 29.5. The molecule has 0 unspecified atom stereocenters. The van der Waals surface area contributed by atoms with Crippen molar-refractivity contribution in [2.24, 2.45) is 0 Å². The first-order valence-corrected chi connectivity index (χ1v) is 7.26. The Morgan fingerprint density at radius 2 is 1.27 bits per heavy atom. The number of rotatable bonds is 1. The van der Waals surface area contributed by atoms with Crippen molar-refractivity contribution >= 4 is 58.0 Å². The molecule has 0 saturated heterocycles. The van der Waals surface area contributed by atoms with Crippen molar-refractivity contribution in [3.63, 3.8) is 0 Å². The maximum Gasteiger partial charge on any atom is 0.431 e. The topological polar surface area (TPSA) is 32.9 Å². The minimum Gasteiger partial charge on any atom is -0.318 e. The standard InChI is InChI=1S/C12H3Cl5F3NO/c13-7-6(8(14)10(16)11(17)9(7)15)3-1-4(12(18,19)20)21-5(22)2-3/h1-2H,(H,21,22). The van der Waals surface area contributed by atoms with E-state index in [2.05, 4.69) is 0 Å². The Labute approximate surface area is 146 Å². The SMILES string of the molecule is O=c1cc(-c2c(Cl)c(Cl)c(Cl)c(Cl)c2Cl)cc(C(F)(F)F)[nH]1. The number of alkyl halides is 3. The summed E-state index contributed by atoms with van der Waals surface area (Å²) in [6, 6.07) is 1.57. The van der Waals surface area contributed by atoms with Gasteiger partial charge >= 0.3 is 6.18 Å². The highest BCUT2D eigenvalue weighted by Gasteiger charge is 2.33. The summed E-state index contributed by atoms with van der Waals surface area (Å²) in [6.45, 7) is 0. The van der Waals surface area contributed by atoms with Crippen molar-refractivity contribution in [2.45, 2.75) is 6.18 Å². The number of pyridine rings is 1. The Bertz CT molecular complexity index is 787. The lowest BCUT2D eigenvalue weighted by Gasteiger charge is -2.14. The number of halogens is 8. The Kier molecular flexibility index (Phi) is 4.95. The van der Waals surface area contributed by atoms with Crippen LogP contribution in [0.25, 0.3) is 11.1 Å². The zero-order valence-electron chi connectivity index (χ0n) is 10.1. The van der Waals surface area contributed by atoms with Gasteiger partial charge in [-0.25, -0.2) is 0 Å². The molecule has 0 aliphatic rings. The molecule has 2 aromatic rings. The molecule has 0 fully saturated rings. The molecule has 1 aromatic carbocycles. The van der Waals surface area contributed by atoms with Crippen LogP contribution in [0.2, 0.25) is 25.1 Å². The van der Waals surface area contributed by atoms with Crippen molar-refractivity contribution in [3.05, 3.63) is 53.3 Å². The number of aromatic nitrogens is 1. The van der Waals surface area contributed by atoms with Gasteiger partial charge in [0.05, 0.1) is 25.1 Å². The second-order valence-corrected chi connectivity index (χ2v) is 5.98. The fourth-order valence-corrected chi connectivity index (χ4v) is 3.06. The van der Waals surface area contributed by atoms with E-state index < -0.39 is 17.4 Å². The minimum absolute atomic E-state index is 0.112. The zero-order valence-corrected chi connectivity index (χ0v) is 13.9. The highest BCUT2D eigenvalue weighted by Crippen LogP contribution is 2.48. The van der Waals surface area contributed by atoms with Gasteiger partial charge in [0.15, 0.2) is 0 Å². The van der Waals surface area contributed by atoms with Gasteiger partial charge in [-0.05, 0) is 11.6 Å². The van der Waals surface area contributed by atoms with E-state index in [9.17, 15) is 18.0 Å². The van der Waals surface area contributed by atoms with Crippen molar-refractivity contribution < 1.29 is 13.2 Å². The summed E-state index contributed by atoms with van der Waals surface area (Å²) < 4.78 is 38.3. The fraction of sp³-hybridized carbons (Fsp3) is 0.0833. The summed E-state index contributed by atoms with van der Waals surface area (Å²) in [5, 5.41) is -0.911. The van der Waals surface area contributed by atoms with Gasteiger partial charge < -0.3 is 4.98 Å². The van der Waals surface area contributed by atoms with E-state index in [4.69, 9.17) is 58.0 Å². The highest BCUT2D eigenvalue weighted by molar-refractivity contribution is 6.56. The van der Waals surface area contributed by atoms with Crippen molar-refractivity contribution in [1.82, 2.24) is 4.98 Å². The predicted octanol–water partition coefficient (Wildman–Crippen LogP) is 6.33. The third kappa shape index (κ3) is 3.19. The average molecular weight is 411 g/mol. The summed E-state index contributed by atoms with van der Waals surface area (Å²) in [7, 11) is 0. The van der Waals surface area contributed by atoms with Crippen LogP contribution < -0.4 is 5.56 Å². The predicted molar refractivity (Wildman–Crippen MR) is 82.6 cm³/mol. The number of nitrogens with one attached hydrogen (secondary N) is 1. The van der Waals surface area contributed by atoms with E-state index in [1.165, 1.54) is 0 Å². The second-order valence-electron chi connectivity index (χ2n) is 4.09. The number of benzene rings is 1. The highest BCUT2D eigenvalue weighted by atomic mass is 35.5. The molecule has 1 N–H and O–H groups in total. The van der Waals surface area contributed by atoms with E-state index in [0.29, 0.717) is 6.07 Å². The van der Waals surface area contributed by atoms with Gasteiger partial charge in [0.1, 0.15) is 5.69 Å². The molecule has 1 aromatic heterocycles. The third-order valence-electron chi connectivity index (χ3n) is 2.65. The van der Waals surface area contributed by atoms with E-state index >= 15 is 0 Å². The Morgan fingerprint density at radius 3 is 1.73 bits per heavy atom. The fourth-order valence-electron chi connectivity index (χ4n) is 1.70. The van der Waals surface area contributed by atoms with Crippen molar-refractivity contribution in [1.29, 1.82) is 0 Å². The van der Waals surface area contributed by atoms with E-state index in [-0.39, 0.29) is 36.2 Å². The summed E-state index contributed by atoms with van der Waals surface area (Å²) in [5.74, 6) is 0. The van der Waals surface area contributed by atoms with Crippen molar-refractivity contribution in [2.75, 3.05) is 0 Å². The molecule has 0 aliphatic carbocycles. The molecule has 2 nitrogen and oxygen atoms in total. The van der Waals surface area contributed by atoms with Crippen LogP contribution in [0.3, 0.4) is 0 Å². The number of hydrogen-bond donors (Lipinski definition) is 1. The molecular formula is C12H3Cl5F3NO. The van der Waals surface area contributed by atoms with E-state index in [1.807, 2.05) is 0 Å². The van der Waals surface area contributed by atoms with Gasteiger partial charge in [-0.2, -0.15) is 13.2 Å². The molecule has 0 bridgehead atoms. The van der Waals surface area contributed by atoms with Crippen LogP contribution in [-0.4, -0.2) is 4.98 Å². The molecule has 1 heterocycles. The number of hydrogen-bond acceptors (Lipinski definition) is 1. The molecule has 0 spiro atoms. The van der Waals surface area contributed by atoms with Crippen LogP contribution in [0.5, 0.6) is 0 Å². The number of aromatic amines is 1. The lowest BCUT2D eigenvalue weighted by molar-refractivity contribution is -0.141. The van der Waals surface area contributed by atoms with E-state index in [1.54, 1.807) is 4.98 Å². The molecule has 0 aliphatic heterocycles. The third-order valence-corrected chi connectivity index (χ3v) is 4.92. The Morgan fingerprint density at radius 1 is 0.818 bits per heavy atom. The van der Waals surface area contributed by atoms with Crippen molar-refractivity contribution in [3.8, 4) is 11.1 Å². The molecule has 118 valence electrons. The molecule has 2 rings (SSSR count). The average Bonchev–Trinajstić information content (AvgIpc) is 2.42. The first-order chi connectivity index (χ1) is 10.0. The smallest absolute Gasteiger partial charge is 0.318 e. The van der Waals surface area contributed by atoms with Gasteiger partial charge in [0.2, 0.25) is 5.56 Å². The van der Waals surface area contributed by atoms with Crippen LogP contribution >= 0.6 is 58.0 Å². The van der Waals surface area contributed by atoms with Crippen LogP contribution in [0.15, 0.2) is 16.9 Å². The summed E-state index contributed by atoms with van der Waals surface area (Å²) in [6.07, 6.45) is -4.76.